The summed E-state index contributed by atoms with van der Waals surface area (Å²) >= 11 is 6.26. The van der Waals surface area contributed by atoms with E-state index in [0.29, 0.717) is 46.1 Å². The Labute approximate surface area is 203 Å². The number of benzene rings is 2. The molecule has 0 aliphatic carbocycles. The summed E-state index contributed by atoms with van der Waals surface area (Å²) in [5, 5.41) is 4.16. The monoisotopic (exact) mass is 503 g/mol. The molecule has 2 aromatic carbocycles. The van der Waals surface area contributed by atoms with Crippen LogP contribution in [-0.4, -0.2) is 57.1 Å². The van der Waals surface area contributed by atoms with Gasteiger partial charge in [0, 0.05) is 29.7 Å². The van der Waals surface area contributed by atoms with Gasteiger partial charge in [0.05, 0.1) is 42.8 Å². The topological polar surface area (TPSA) is 97.8 Å². The Morgan fingerprint density at radius 2 is 1.97 bits per heavy atom. The number of pyridine rings is 1. The van der Waals surface area contributed by atoms with Gasteiger partial charge in [-0.2, -0.15) is 4.31 Å². The van der Waals surface area contributed by atoms with E-state index in [0.717, 1.165) is 18.4 Å². The summed E-state index contributed by atoms with van der Waals surface area (Å²) in [6.45, 7) is 3.18. The molecule has 0 radical (unpaired) electrons. The molecule has 4 rings (SSSR count). The lowest BCUT2D eigenvalue weighted by molar-refractivity contribution is 0.0601. The van der Waals surface area contributed by atoms with E-state index in [1.54, 1.807) is 30.3 Å². The Balaban J connectivity index is 1.90. The van der Waals surface area contributed by atoms with Crippen LogP contribution in [0.5, 0.6) is 0 Å². The maximum Gasteiger partial charge on any atom is 0.339 e. The van der Waals surface area contributed by atoms with E-state index < -0.39 is 16.0 Å². The van der Waals surface area contributed by atoms with Gasteiger partial charge in [-0.3, -0.25) is 4.98 Å². The number of hydrogen-bond donors (Lipinski definition) is 1. The number of aromatic nitrogens is 1. The summed E-state index contributed by atoms with van der Waals surface area (Å²) in [6.07, 6.45) is 3.06. The highest BCUT2D eigenvalue weighted by molar-refractivity contribution is 7.89. The first-order chi connectivity index (χ1) is 16.3. The number of carbonyl (C=O) groups excluding carboxylic acids is 1. The van der Waals surface area contributed by atoms with Crippen molar-refractivity contribution >= 4 is 49.9 Å². The van der Waals surface area contributed by atoms with E-state index in [-0.39, 0.29) is 18.0 Å². The van der Waals surface area contributed by atoms with Gasteiger partial charge >= 0.3 is 5.97 Å². The number of methoxy groups -OCH3 is 1. The van der Waals surface area contributed by atoms with Crippen LogP contribution in [-0.2, 0) is 25.9 Å². The number of hydrogen-bond acceptors (Lipinski definition) is 7. The lowest BCUT2D eigenvalue weighted by Gasteiger charge is -2.27. The third kappa shape index (κ3) is 4.88. The van der Waals surface area contributed by atoms with Gasteiger partial charge in [0.25, 0.3) is 0 Å². The third-order valence-electron chi connectivity index (χ3n) is 5.67. The van der Waals surface area contributed by atoms with Crippen molar-refractivity contribution < 1.29 is 22.7 Å². The zero-order chi connectivity index (χ0) is 24.3. The Bertz CT molecular complexity index is 1320. The number of halogens is 1. The SMILES string of the molecule is CCCc1ccc(Nc2c(S(=O)(=O)N3CCOCC3)cnc3ccc(Cl)cc23)c(C(=O)OC)c1. The number of fused-ring (bicyclic) bond motifs is 1. The molecule has 3 aromatic rings. The lowest BCUT2D eigenvalue weighted by atomic mass is 10.0. The minimum absolute atomic E-state index is 0.00221. The van der Waals surface area contributed by atoms with Gasteiger partial charge < -0.3 is 14.8 Å². The number of anilines is 2. The van der Waals surface area contributed by atoms with Crippen LogP contribution in [0.3, 0.4) is 0 Å². The van der Waals surface area contributed by atoms with Gasteiger partial charge in [-0.15, -0.1) is 0 Å². The zero-order valence-electron chi connectivity index (χ0n) is 19.0. The first-order valence-electron chi connectivity index (χ1n) is 11.0. The maximum atomic E-state index is 13.6. The first kappa shape index (κ1) is 24.4. The smallest absolute Gasteiger partial charge is 0.339 e. The van der Waals surface area contributed by atoms with Crippen LogP contribution in [0.25, 0.3) is 10.9 Å². The highest BCUT2D eigenvalue weighted by Crippen LogP contribution is 2.36. The van der Waals surface area contributed by atoms with E-state index >= 15 is 0 Å². The number of aryl methyl sites for hydroxylation is 1. The fourth-order valence-corrected chi connectivity index (χ4v) is 5.64. The molecule has 1 saturated heterocycles. The van der Waals surface area contributed by atoms with Crippen molar-refractivity contribution in [3.8, 4) is 0 Å². The van der Waals surface area contributed by atoms with Crippen LogP contribution in [0.15, 0.2) is 47.5 Å². The van der Waals surface area contributed by atoms with Crippen molar-refractivity contribution in [3.63, 3.8) is 0 Å². The fourth-order valence-electron chi connectivity index (χ4n) is 3.96. The van der Waals surface area contributed by atoms with Crippen LogP contribution in [0, 0.1) is 0 Å². The Hall–Kier alpha value is -2.72. The van der Waals surface area contributed by atoms with E-state index in [2.05, 4.69) is 17.2 Å². The summed E-state index contributed by atoms with van der Waals surface area (Å²) in [6, 6.07) is 10.5. The molecule has 0 unspecified atom stereocenters. The molecular weight excluding hydrogens is 478 g/mol. The second-order valence-corrected chi connectivity index (χ2v) is 10.3. The van der Waals surface area contributed by atoms with Crippen molar-refractivity contribution in [2.45, 2.75) is 24.7 Å². The highest BCUT2D eigenvalue weighted by Gasteiger charge is 2.30. The van der Waals surface area contributed by atoms with Gasteiger partial charge in [-0.05, 0) is 42.3 Å². The van der Waals surface area contributed by atoms with E-state index in [4.69, 9.17) is 21.1 Å². The molecule has 1 aliphatic rings. The molecule has 0 amide bonds. The number of ether oxygens (including phenoxy) is 2. The number of nitrogens with one attached hydrogen (secondary N) is 1. The normalized spacial score (nSPS) is 14.8. The number of esters is 1. The molecule has 0 atom stereocenters. The number of rotatable bonds is 7. The Kier molecular flexibility index (Phi) is 7.37. The Morgan fingerprint density at radius 3 is 2.68 bits per heavy atom. The van der Waals surface area contributed by atoms with Crippen molar-refractivity contribution in [1.29, 1.82) is 0 Å². The number of nitrogens with zero attached hydrogens (tertiary/aromatic N) is 2. The van der Waals surface area contributed by atoms with Crippen molar-refractivity contribution in [3.05, 3.63) is 58.7 Å². The van der Waals surface area contributed by atoms with Gasteiger partial charge in [0.2, 0.25) is 10.0 Å². The van der Waals surface area contributed by atoms with Gasteiger partial charge in [0.1, 0.15) is 4.90 Å². The minimum Gasteiger partial charge on any atom is -0.465 e. The fraction of sp³-hybridized carbons (Fsp3) is 0.333. The van der Waals surface area contributed by atoms with Crippen LogP contribution in [0.4, 0.5) is 11.4 Å². The molecule has 1 aliphatic heterocycles. The first-order valence-corrected chi connectivity index (χ1v) is 12.8. The van der Waals surface area contributed by atoms with Gasteiger partial charge in [0.15, 0.2) is 0 Å². The second-order valence-electron chi connectivity index (χ2n) is 7.92. The molecule has 8 nitrogen and oxygen atoms in total. The number of sulfonamides is 1. The molecule has 0 saturated carbocycles. The number of carbonyl (C=O) groups is 1. The maximum absolute atomic E-state index is 13.6. The lowest BCUT2D eigenvalue weighted by Crippen LogP contribution is -2.40. The summed E-state index contributed by atoms with van der Waals surface area (Å²) in [5.41, 5.74) is 2.59. The predicted octanol–water partition coefficient (Wildman–Crippen LogP) is 4.39. The summed E-state index contributed by atoms with van der Waals surface area (Å²) in [5.74, 6) is -0.519. The molecule has 1 fully saturated rings. The van der Waals surface area contributed by atoms with Crippen molar-refractivity contribution in [2.24, 2.45) is 0 Å². The molecule has 180 valence electrons. The van der Waals surface area contributed by atoms with Crippen LogP contribution in [0.2, 0.25) is 5.02 Å². The average molecular weight is 504 g/mol. The van der Waals surface area contributed by atoms with Gasteiger partial charge in [-0.25, -0.2) is 13.2 Å². The quantitative estimate of drug-likeness (QED) is 0.477. The largest absolute Gasteiger partial charge is 0.465 e. The molecule has 1 aromatic heterocycles. The van der Waals surface area contributed by atoms with Crippen LogP contribution in [0.1, 0.15) is 29.3 Å². The highest BCUT2D eigenvalue weighted by atomic mass is 35.5. The summed E-state index contributed by atoms with van der Waals surface area (Å²) in [4.78, 5) is 17.0. The van der Waals surface area contributed by atoms with Crippen molar-refractivity contribution in [2.75, 3.05) is 38.7 Å². The Morgan fingerprint density at radius 1 is 1.21 bits per heavy atom. The van der Waals surface area contributed by atoms with Crippen molar-refractivity contribution in [1.82, 2.24) is 9.29 Å². The molecule has 10 heteroatoms. The van der Waals surface area contributed by atoms with Crippen LogP contribution < -0.4 is 5.32 Å². The zero-order valence-corrected chi connectivity index (χ0v) is 20.6. The minimum atomic E-state index is -3.90. The molecule has 2 heterocycles. The molecule has 1 N–H and O–H groups in total. The van der Waals surface area contributed by atoms with E-state index in [9.17, 15) is 13.2 Å². The predicted molar refractivity (Wildman–Crippen MR) is 131 cm³/mol. The molecule has 0 spiro atoms. The van der Waals surface area contributed by atoms with E-state index in [1.807, 2.05) is 6.07 Å². The third-order valence-corrected chi connectivity index (χ3v) is 7.82. The van der Waals surface area contributed by atoms with E-state index in [1.165, 1.54) is 17.6 Å². The molecule has 0 bridgehead atoms. The summed E-state index contributed by atoms with van der Waals surface area (Å²) in [7, 11) is -2.59. The standard InChI is InChI=1S/C24H26ClN3O5S/c1-3-4-16-5-7-21(19(13-16)24(29)32-2)27-23-18-14-17(25)6-8-20(18)26-15-22(23)34(30,31)28-9-11-33-12-10-28/h5-8,13-15H,3-4,9-12H2,1-2H3,(H,26,27). The summed E-state index contributed by atoms with van der Waals surface area (Å²) < 4.78 is 38.9. The number of morpholine rings is 1. The average Bonchev–Trinajstić information content (AvgIpc) is 2.85. The second kappa shape index (κ2) is 10.3. The van der Waals surface area contributed by atoms with Crippen LogP contribution >= 0.6 is 11.6 Å². The molecular formula is C24H26ClN3O5S. The molecule has 34 heavy (non-hydrogen) atoms. The van der Waals surface area contributed by atoms with Gasteiger partial charge in [-0.1, -0.05) is 31.0 Å².